The van der Waals surface area contributed by atoms with Crippen molar-refractivity contribution in [2.45, 2.75) is 38.1 Å². The summed E-state index contributed by atoms with van der Waals surface area (Å²) < 4.78 is 5.65. The lowest BCUT2D eigenvalue weighted by atomic mass is 9.80. The Balaban J connectivity index is 1.39. The third-order valence-corrected chi connectivity index (χ3v) is 7.88. The molecule has 35 heavy (non-hydrogen) atoms. The number of likely N-dealkylation sites (tertiary alicyclic amines) is 1. The van der Waals surface area contributed by atoms with Crippen molar-refractivity contribution in [2.75, 3.05) is 31.7 Å². The van der Waals surface area contributed by atoms with Gasteiger partial charge in [-0.15, -0.1) is 0 Å². The van der Waals surface area contributed by atoms with Crippen molar-refractivity contribution in [3.8, 4) is 11.1 Å². The molecule has 0 unspecified atom stereocenters. The van der Waals surface area contributed by atoms with E-state index in [1.54, 1.807) is 23.6 Å². The number of piperidine rings is 1. The number of fused-ring (bicyclic) bond motifs is 3. The van der Waals surface area contributed by atoms with Crippen LogP contribution >= 0.6 is 11.8 Å². The number of rotatable bonds is 8. The normalized spacial score (nSPS) is 17.3. The zero-order valence-corrected chi connectivity index (χ0v) is 21.0. The molecule has 1 saturated heterocycles. The SMILES string of the molecule is CSCC[C@@H](NC(=O)OCC1c2ccccc2-c2ccccc21)C(=O)N1CCC(C)(C(=O)O)CC1. The Hall–Kier alpha value is -3.00. The molecule has 186 valence electrons. The van der Waals surface area contributed by atoms with Crippen LogP contribution in [0.3, 0.4) is 0 Å². The smallest absolute Gasteiger partial charge is 0.407 e. The molecule has 2 amide bonds. The number of carbonyl (C=O) groups excluding carboxylic acids is 2. The molecule has 1 aliphatic carbocycles. The topological polar surface area (TPSA) is 95.9 Å². The van der Waals surface area contributed by atoms with Crippen molar-refractivity contribution < 1.29 is 24.2 Å². The summed E-state index contributed by atoms with van der Waals surface area (Å²) in [6, 6.07) is 15.6. The van der Waals surface area contributed by atoms with E-state index in [4.69, 9.17) is 4.74 Å². The van der Waals surface area contributed by atoms with Gasteiger partial charge in [0.2, 0.25) is 5.91 Å². The van der Waals surface area contributed by atoms with Crippen molar-refractivity contribution in [3.63, 3.8) is 0 Å². The molecule has 1 aliphatic heterocycles. The van der Waals surface area contributed by atoms with Crippen molar-refractivity contribution in [2.24, 2.45) is 5.41 Å². The number of carbonyl (C=O) groups is 3. The van der Waals surface area contributed by atoms with Crippen LogP contribution in [0.1, 0.15) is 43.2 Å². The zero-order valence-electron chi connectivity index (χ0n) is 20.2. The number of hydrogen-bond donors (Lipinski definition) is 2. The first-order chi connectivity index (χ1) is 16.8. The second-order valence-electron chi connectivity index (χ2n) is 9.50. The molecule has 2 N–H and O–H groups in total. The van der Waals surface area contributed by atoms with Gasteiger partial charge in [-0.25, -0.2) is 4.79 Å². The molecule has 0 saturated carbocycles. The molecule has 1 atom stereocenters. The number of amides is 2. The van der Waals surface area contributed by atoms with Crippen molar-refractivity contribution in [3.05, 3.63) is 59.7 Å². The quantitative estimate of drug-likeness (QED) is 0.564. The lowest BCUT2D eigenvalue weighted by Crippen LogP contribution is -2.53. The molecule has 0 bridgehead atoms. The van der Waals surface area contributed by atoms with Crippen molar-refractivity contribution in [1.82, 2.24) is 10.2 Å². The van der Waals surface area contributed by atoms with Gasteiger partial charge in [0.1, 0.15) is 12.6 Å². The van der Waals surface area contributed by atoms with Gasteiger partial charge < -0.3 is 20.1 Å². The van der Waals surface area contributed by atoms with E-state index < -0.39 is 23.5 Å². The van der Waals surface area contributed by atoms with Gasteiger partial charge in [-0.2, -0.15) is 11.8 Å². The van der Waals surface area contributed by atoms with Gasteiger partial charge in [0.05, 0.1) is 5.41 Å². The van der Waals surface area contributed by atoms with Crippen LogP contribution in [0.15, 0.2) is 48.5 Å². The van der Waals surface area contributed by atoms with Crippen molar-refractivity contribution >= 4 is 29.7 Å². The third-order valence-electron chi connectivity index (χ3n) is 7.24. The summed E-state index contributed by atoms with van der Waals surface area (Å²) in [6.45, 7) is 2.63. The number of thioether (sulfide) groups is 1. The van der Waals surface area contributed by atoms with Crippen LogP contribution in [-0.2, 0) is 14.3 Å². The van der Waals surface area contributed by atoms with E-state index in [9.17, 15) is 19.5 Å². The summed E-state index contributed by atoms with van der Waals surface area (Å²) >= 11 is 1.60. The molecule has 2 aliphatic rings. The molecule has 2 aromatic rings. The van der Waals surface area contributed by atoms with Crippen LogP contribution in [0.2, 0.25) is 0 Å². The van der Waals surface area contributed by atoms with E-state index in [-0.39, 0.29) is 18.4 Å². The van der Waals surface area contributed by atoms with Crippen LogP contribution < -0.4 is 5.32 Å². The van der Waals surface area contributed by atoms with E-state index in [1.807, 2.05) is 30.5 Å². The Morgan fingerprint density at radius 1 is 1.09 bits per heavy atom. The summed E-state index contributed by atoms with van der Waals surface area (Å²) in [4.78, 5) is 39.2. The lowest BCUT2D eigenvalue weighted by Gasteiger charge is -2.38. The van der Waals surface area contributed by atoms with Crippen LogP contribution in [0.5, 0.6) is 0 Å². The number of carboxylic acids is 1. The molecule has 8 heteroatoms. The number of benzene rings is 2. The Morgan fingerprint density at radius 3 is 2.20 bits per heavy atom. The van der Waals surface area contributed by atoms with Gasteiger partial charge in [0, 0.05) is 19.0 Å². The highest BCUT2D eigenvalue weighted by Gasteiger charge is 2.39. The Labute approximate surface area is 210 Å². The van der Waals surface area contributed by atoms with Gasteiger partial charge in [0.25, 0.3) is 0 Å². The molecule has 0 aromatic heterocycles. The van der Waals surface area contributed by atoms with Crippen molar-refractivity contribution in [1.29, 1.82) is 0 Å². The lowest BCUT2D eigenvalue weighted by molar-refractivity contribution is -0.153. The zero-order chi connectivity index (χ0) is 25.0. The van der Waals surface area contributed by atoms with Crippen LogP contribution in [0, 0.1) is 5.41 Å². The summed E-state index contributed by atoms with van der Waals surface area (Å²) in [5.41, 5.74) is 3.76. The Bertz CT molecular complexity index is 1050. The van der Waals surface area contributed by atoms with Crippen LogP contribution in [-0.4, -0.2) is 65.7 Å². The van der Waals surface area contributed by atoms with E-state index in [0.717, 1.165) is 22.3 Å². The first-order valence-electron chi connectivity index (χ1n) is 12.0. The summed E-state index contributed by atoms with van der Waals surface area (Å²) in [5.74, 6) is -0.356. The highest BCUT2D eigenvalue weighted by atomic mass is 32.2. The third kappa shape index (κ3) is 5.32. The highest BCUT2D eigenvalue weighted by Crippen LogP contribution is 2.44. The summed E-state index contributed by atoms with van der Waals surface area (Å²) in [5, 5.41) is 12.2. The minimum Gasteiger partial charge on any atom is -0.481 e. The number of nitrogens with zero attached hydrogens (tertiary/aromatic N) is 1. The van der Waals surface area contributed by atoms with E-state index in [0.29, 0.717) is 38.1 Å². The maximum atomic E-state index is 13.2. The minimum atomic E-state index is -0.833. The first kappa shape index (κ1) is 25.1. The van der Waals surface area contributed by atoms with Gasteiger partial charge in [0.15, 0.2) is 0 Å². The second kappa shape index (κ2) is 10.7. The Morgan fingerprint density at radius 2 is 1.66 bits per heavy atom. The largest absolute Gasteiger partial charge is 0.481 e. The van der Waals surface area contributed by atoms with E-state index >= 15 is 0 Å². The van der Waals surface area contributed by atoms with Gasteiger partial charge in [-0.1, -0.05) is 48.5 Å². The minimum absolute atomic E-state index is 0.0516. The highest BCUT2D eigenvalue weighted by molar-refractivity contribution is 7.98. The first-order valence-corrected chi connectivity index (χ1v) is 13.4. The summed E-state index contributed by atoms with van der Waals surface area (Å²) in [6.07, 6.45) is 2.62. The van der Waals surface area contributed by atoms with Gasteiger partial charge >= 0.3 is 12.1 Å². The molecule has 0 spiro atoms. The fourth-order valence-corrected chi connectivity index (χ4v) is 5.40. The van der Waals surface area contributed by atoms with Crippen LogP contribution in [0.4, 0.5) is 4.79 Å². The Kier molecular flexibility index (Phi) is 7.69. The molecule has 7 nitrogen and oxygen atoms in total. The average Bonchev–Trinajstić information content (AvgIpc) is 3.19. The maximum absolute atomic E-state index is 13.2. The molecule has 0 radical (unpaired) electrons. The van der Waals surface area contributed by atoms with Crippen LogP contribution in [0.25, 0.3) is 11.1 Å². The second-order valence-corrected chi connectivity index (χ2v) is 10.5. The van der Waals surface area contributed by atoms with Gasteiger partial charge in [-0.3, -0.25) is 9.59 Å². The van der Waals surface area contributed by atoms with E-state index in [1.165, 1.54) is 0 Å². The average molecular weight is 497 g/mol. The predicted octanol–water partition coefficient (Wildman–Crippen LogP) is 4.36. The molecule has 1 fully saturated rings. The summed E-state index contributed by atoms with van der Waals surface area (Å²) in [7, 11) is 0. The number of nitrogens with one attached hydrogen (secondary N) is 1. The standard InChI is InChI=1S/C27H32N2O5S/c1-27(25(31)32)12-14-29(15-13-27)24(30)23(11-16-35-2)28-26(33)34-17-22-20-9-5-3-7-18(20)19-8-4-6-10-21(19)22/h3-10,22-23H,11-17H2,1-2H3,(H,28,33)(H,31,32)/t23-/m1/s1. The van der Waals surface area contributed by atoms with Gasteiger partial charge in [-0.05, 0) is 60.4 Å². The monoisotopic (exact) mass is 496 g/mol. The molecule has 4 rings (SSSR count). The maximum Gasteiger partial charge on any atom is 0.407 e. The number of ether oxygens (including phenoxy) is 1. The number of carboxylic acid groups (broad SMARTS) is 1. The molecular formula is C27H32N2O5S. The number of hydrogen-bond acceptors (Lipinski definition) is 5. The molecule has 1 heterocycles. The van der Waals surface area contributed by atoms with E-state index in [2.05, 4.69) is 29.6 Å². The number of alkyl carbamates (subject to hydrolysis) is 1. The molecular weight excluding hydrogens is 464 g/mol. The predicted molar refractivity (Wildman–Crippen MR) is 137 cm³/mol. The fourth-order valence-electron chi connectivity index (χ4n) is 4.93. The number of aliphatic carboxylic acids is 1. The fraction of sp³-hybridized carbons (Fsp3) is 0.444. The molecule has 2 aromatic carbocycles.